The molecule has 0 aliphatic heterocycles. The molecule has 0 aliphatic carbocycles. The second-order valence-electron chi connectivity index (χ2n) is 3.18. The number of hydrogen-bond donors (Lipinski definition) is 1. The van der Waals surface area contributed by atoms with E-state index in [1.165, 1.54) is 35.6 Å². The molecule has 3 nitrogen and oxygen atoms in total. The lowest BCUT2D eigenvalue weighted by molar-refractivity contribution is -0.111. The summed E-state index contributed by atoms with van der Waals surface area (Å²) in [5.74, 6) is -0.757. The Balaban J connectivity index is 1.98. The lowest BCUT2D eigenvalue weighted by Gasteiger charge is -1.99. The minimum Gasteiger partial charge on any atom is -0.307 e. The summed E-state index contributed by atoms with van der Waals surface area (Å²) < 4.78 is 12.7. The quantitative estimate of drug-likeness (QED) is 0.670. The van der Waals surface area contributed by atoms with Crippen LogP contribution in [0.25, 0.3) is 6.08 Å². The van der Waals surface area contributed by atoms with Crippen LogP contribution < -0.4 is 5.32 Å². The van der Waals surface area contributed by atoms with Crippen LogP contribution in [-0.2, 0) is 4.79 Å². The van der Waals surface area contributed by atoms with Crippen LogP contribution in [-0.4, -0.2) is 10.9 Å². The first kappa shape index (κ1) is 11.5. The molecule has 0 unspecified atom stereocenters. The second-order valence-corrected chi connectivity index (χ2v) is 4.16. The highest BCUT2D eigenvalue weighted by atomic mass is 32.1. The van der Waals surface area contributed by atoms with Gasteiger partial charge in [-0.1, -0.05) is 12.1 Å². The maximum Gasteiger partial charge on any atom is 0.249 e. The van der Waals surface area contributed by atoms with E-state index in [-0.39, 0.29) is 11.7 Å². The Morgan fingerprint density at radius 2 is 2.24 bits per heavy atom. The van der Waals surface area contributed by atoms with Gasteiger partial charge in [0.1, 0.15) is 5.82 Å². The van der Waals surface area contributed by atoms with Gasteiger partial charge in [0, 0.05) is 11.0 Å². The molecule has 1 amide bonds. The van der Waals surface area contributed by atoms with E-state index in [4.69, 9.17) is 0 Å². The van der Waals surface area contributed by atoms with Crippen LogP contribution in [0, 0.1) is 5.95 Å². The van der Waals surface area contributed by atoms with Gasteiger partial charge in [0.15, 0.2) is 0 Å². The number of nitrogens with one attached hydrogen (secondary N) is 1. The molecular formula is C12H9FN2OS. The molecule has 0 saturated carbocycles. The van der Waals surface area contributed by atoms with Crippen molar-refractivity contribution in [3.63, 3.8) is 0 Å². The summed E-state index contributed by atoms with van der Waals surface area (Å²) in [5.41, 5.74) is 0. The number of aromatic nitrogens is 1. The van der Waals surface area contributed by atoms with Crippen LogP contribution in [0.2, 0.25) is 0 Å². The van der Waals surface area contributed by atoms with E-state index in [1.54, 1.807) is 6.08 Å². The van der Waals surface area contributed by atoms with Gasteiger partial charge in [0.25, 0.3) is 0 Å². The smallest absolute Gasteiger partial charge is 0.249 e. The number of anilines is 1. The predicted octanol–water partition coefficient (Wildman–Crippen LogP) is 2.93. The lowest BCUT2D eigenvalue weighted by atomic mass is 10.4. The van der Waals surface area contributed by atoms with Gasteiger partial charge >= 0.3 is 0 Å². The van der Waals surface area contributed by atoms with Crippen LogP contribution in [0.3, 0.4) is 0 Å². The number of nitrogens with zero attached hydrogens (tertiary/aromatic N) is 1. The van der Waals surface area contributed by atoms with Gasteiger partial charge in [0.05, 0.1) is 0 Å². The molecule has 0 bridgehead atoms. The normalized spacial score (nSPS) is 10.6. The fraction of sp³-hybridized carbons (Fsp3) is 0. The topological polar surface area (TPSA) is 42.0 Å². The molecule has 86 valence electrons. The highest BCUT2D eigenvalue weighted by Crippen LogP contribution is 2.10. The molecule has 2 aromatic heterocycles. The van der Waals surface area contributed by atoms with E-state index in [9.17, 15) is 9.18 Å². The second kappa shape index (κ2) is 5.36. The first-order chi connectivity index (χ1) is 8.24. The minimum atomic E-state index is -0.620. The Kier molecular flexibility index (Phi) is 3.62. The Labute approximate surface area is 102 Å². The Morgan fingerprint density at radius 3 is 2.94 bits per heavy atom. The summed E-state index contributed by atoms with van der Waals surface area (Å²) in [5, 5.41) is 4.40. The monoisotopic (exact) mass is 248 g/mol. The zero-order chi connectivity index (χ0) is 12.1. The summed E-state index contributed by atoms with van der Waals surface area (Å²) in [6.45, 7) is 0. The summed E-state index contributed by atoms with van der Waals surface area (Å²) >= 11 is 1.53. The summed E-state index contributed by atoms with van der Waals surface area (Å²) in [7, 11) is 0. The molecule has 5 heteroatoms. The van der Waals surface area contributed by atoms with Crippen molar-refractivity contribution in [3.8, 4) is 0 Å². The molecule has 2 rings (SSSR count). The van der Waals surface area contributed by atoms with E-state index in [2.05, 4.69) is 10.3 Å². The highest BCUT2D eigenvalue weighted by Gasteiger charge is 2.00. The SMILES string of the molecule is O=C(/C=C/c1cccs1)Nc1cccc(F)n1. The highest BCUT2D eigenvalue weighted by molar-refractivity contribution is 7.10. The van der Waals surface area contributed by atoms with E-state index >= 15 is 0 Å². The van der Waals surface area contributed by atoms with Crippen LogP contribution in [0.5, 0.6) is 0 Å². The largest absolute Gasteiger partial charge is 0.307 e. The van der Waals surface area contributed by atoms with E-state index in [0.29, 0.717) is 0 Å². The molecule has 0 atom stereocenters. The van der Waals surface area contributed by atoms with Crippen molar-refractivity contribution in [1.82, 2.24) is 4.98 Å². The van der Waals surface area contributed by atoms with Crippen molar-refractivity contribution >= 4 is 29.1 Å². The van der Waals surface area contributed by atoms with Gasteiger partial charge in [0.2, 0.25) is 11.9 Å². The number of carbonyl (C=O) groups excluding carboxylic acids is 1. The molecule has 1 N–H and O–H groups in total. The van der Waals surface area contributed by atoms with Gasteiger partial charge in [-0.05, 0) is 29.7 Å². The van der Waals surface area contributed by atoms with Crippen molar-refractivity contribution < 1.29 is 9.18 Å². The molecule has 0 aromatic carbocycles. The van der Waals surface area contributed by atoms with Crippen LogP contribution in [0.15, 0.2) is 41.8 Å². The Bertz CT molecular complexity index is 537. The number of hydrogen-bond acceptors (Lipinski definition) is 3. The van der Waals surface area contributed by atoms with Gasteiger partial charge in [-0.3, -0.25) is 4.79 Å². The van der Waals surface area contributed by atoms with Crippen molar-refractivity contribution in [2.45, 2.75) is 0 Å². The summed E-state index contributed by atoms with van der Waals surface area (Å²) in [6, 6.07) is 8.03. The summed E-state index contributed by atoms with van der Waals surface area (Å²) in [4.78, 5) is 16.0. The standard InChI is InChI=1S/C12H9FN2OS/c13-10-4-1-5-11(14-10)15-12(16)7-6-9-3-2-8-17-9/h1-8H,(H,14,15,16)/b7-6+. The van der Waals surface area contributed by atoms with Gasteiger partial charge in [-0.25, -0.2) is 4.98 Å². The van der Waals surface area contributed by atoms with Crippen molar-refractivity contribution in [1.29, 1.82) is 0 Å². The number of halogens is 1. The number of pyridine rings is 1. The maximum atomic E-state index is 12.7. The molecule has 2 heterocycles. The number of thiophene rings is 1. The van der Waals surface area contributed by atoms with Crippen molar-refractivity contribution in [2.24, 2.45) is 0 Å². The summed E-state index contributed by atoms with van der Waals surface area (Å²) in [6.07, 6.45) is 3.08. The third-order valence-corrected chi connectivity index (χ3v) is 2.75. The maximum absolute atomic E-state index is 12.7. The van der Waals surface area contributed by atoms with Crippen molar-refractivity contribution in [2.75, 3.05) is 5.32 Å². The molecule has 2 aromatic rings. The van der Waals surface area contributed by atoms with E-state index < -0.39 is 5.95 Å². The number of rotatable bonds is 3. The number of carbonyl (C=O) groups is 1. The first-order valence-electron chi connectivity index (χ1n) is 4.89. The minimum absolute atomic E-state index is 0.200. The molecule has 17 heavy (non-hydrogen) atoms. The third-order valence-electron chi connectivity index (χ3n) is 1.91. The average Bonchev–Trinajstić information content (AvgIpc) is 2.79. The lowest BCUT2D eigenvalue weighted by Crippen LogP contribution is -2.09. The first-order valence-corrected chi connectivity index (χ1v) is 5.77. The fourth-order valence-corrected chi connectivity index (χ4v) is 1.81. The van der Waals surface area contributed by atoms with Gasteiger partial charge < -0.3 is 5.32 Å². The zero-order valence-corrected chi connectivity index (χ0v) is 9.58. The van der Waals surface area contributed by atoms with Crippen LogP contribution in [0.4, 0.5) is 10.2 Å². The van der Waals surface area contributed by atoms with E-state index in [0.717, 1.165) is 4.88 Å². The third kappa shape index (κ3) is 3.49. The Morgan fingerprint density at radius 1 is 1.35 bits per heavy atom. The van der Waals surface area contributed by atoms with Gasteiger partial charge in [-0.2, -0.15) is 4.39 Å². The average molecular weight is 248 g/mol. The molecule has 0 fully saturated rings. The zero-order valence-electron chi connectivity index (χ0n) is 8.76. The van der Waals surface area contributed by atoms with Crippen LogP contribution >= 0.6 is 11.3 Å². The fourth-order valence-electron chi connectivity index (χ4n) is 1.19. The molecule has 0 radical (unpaired) electrons. The molecule has 0 saturated heterocycles. The molecular weight excluding hydrogens is 239 g/mol. The van der Waals surface area contributed by atoms with Crippen molar-refractivity contribution in [3.05, 3.63) is 52.6 Å². The molecule has 0 aliphatic rings. The molecule has 0 spiro atoms. The van der Waals surface area contributed by atoms with Gasteiger partial charge in [-0.15, -0.1) is 11.3 Å². The van der Waals surface area contributed by atoms with Crippen LogP contribution in [0.1, 0.15) is 4.88 Å². The van der Waals surface area contributed by atoms with E-state index in [1.807, 2.05) is 17.5 Å². The predicted molar refractivity (Wildman–Crippen MR) is 66.2 cm³/mol. The Hall–Kier alpha value is -2.01. The number of amides is 1.